The summed E-state index contributed by atoms with van der Waals surface area (Å²) < 4.78 is 29.5. The minimum absolute atomic E-state index is 0.172. The molecule has 2 aliphatic heterocycles. The zero-order chi connectivity index (χ0) is 24.9. The maximum Gasteiger partial charge on any atom is 0.309 e. The first kappa shape index (κ1) is 23.7. The van der Waals surface area contributed by atoms with E-state index in [0.29, 0.717) is 17.3 Å². The van der Waals surface area contributed by atoms with Gasteiger partial charge >= 0.3 is 11.8 Å². The van der Waals surface area contributed by atoms with E-state index < -0.39 is 11.8 Å². The second kappa shape index (κ2) is 10.7. The number of benzene rings is 2. The largest absolute Gasteiger partial charge is 0.468 e. The molecule has 1 atom stereocenters. The highest BCUT2D eigenvalue weighted by molar-refractivity contribution is 6.35. The van der Waals surface area contributed by atoms with Gasteiger partial charge in [-0.2, -0.15) is 0 Å². The molecule has 10 heteroatoms. The van der Waals surface area contributed by atoms with E-state index in [1.807, 2.05) is 12.1 Å². The molecule has 3 aromatic rings. The molecule has 188 valence electrons. The maximum atomic E-state index is 13.3. The number of nitrogens with zero attached hydrogens (tertiary/aromatic N) is 2. The lowest BCUT2D eigenvalue weighted by Crippen LogP contribution is -2.50. The molecule has 0 radical (unpaired) electrons. The van der Waals surface area contributed by atoms with Gasteiger partial charge in [-0.1, -0.05) is 6.07 Å². The number of ether oxygens (including phenoxy) is 2. The fourth-order valence-corrected chi connectivity index (χ4v) is 4.42. The third-order valence-corrected chi connectivity index (χ3v) is 6.37. The van der Waals surface area contributed by atoms with E-state index in [0.717, 1.165) is 37.4 Å². The van der Waals surface area contributed by atoms with Gasteiger partial charge in [0.05, 0.1) is 12.3 Å². The quantitative estimate of drug-likeness (QED) is 0.487. The SMILES string of the molecule is O=C(NCc1ccc2c(c1)OCO2)C(=O)NC[C@H](c1ccco1)N1CCN(c2ccc(F)cc2)CC1. The number of hydrogen-bond donors (Lipinski definition) is 2. The van der Waals surface area contributed by atoms with Crippen LogP contribution < -0.4 is 25.0 Å². The van der Waals surface area contributed by atoms with Gasteiger partial charge in [0.25, 0.3) is 0 Å². The highest BCUT2D eigenvalue weighted by Crippen LogP contribution is 2.32. The number of fused-ring (bicyclic) bond motifs is 1. The maximum absolute atomic E-state index is 13.3. The molecular weight excluding hydrogens is 467 g/mol. The van der Waals surface area contributed by atoms with Crippen molar-refractivity contribution in [2.45, 2.75) is 12.6 Å². The Labute approximate surface area is 207 Å². The van der Waals surface area contributed by atoms with Crippen LogP contribution in [0, 0.1) is 5.82 Å². The highest BCUT2D eigenvalue weighted by atomic mass is 19.1. The molecule has 5 rings (SSSR count). The van der Waals surface area contributed by atoms with Crippen LogP contribution in [0.1, 0.15) is 17.4 Å². The van der Waals surface area contributed by atoms with E-state index >= 15 is 0 Å². The summed E-state index contributed by atoms with van der Waals surface area (Å²) in [4.78, 5) is 29.3. The highest BCUT2D eigenvalue weighted by Gasteiger charge is 2.28. The molecule has 0 bridgehead atoms. The number of carbonyl (C=O) groups is 2. The molecular formula is C26H27FN4O5. The molecule has 2 aromatic carbocycles. The molecule has 0 spiro atoms. The Morgan fingerprint density at radius 3 is 2.42 bits per heavy atom. The molecule has 1 saturated heterocycles. The molecule has 2 aliphatic rings. The Kier molecular flexibility index (Phi) is 7.03. The van der Waals surface area contributed by atoms with Crippen molar-refractivity contribution < 1.29 is 27.9 Å². The monoisotopic (exact) mass is 494 g/mol. The van der Waals surface area contributed by atoms with Gasteiger partial charge in [-0.25, -0.2) is 4.39 Å². The molecule has 9 nitrogen and oxygen atoms in total. The van der Waals surface area contributed by atoms with E-state index in [2.05, 4.69) is 20.4 Å². The van der Waals surface area contributed by atoms with E-state index in [1.165, 1.54) is 12.1 Å². The van der Waals surface area contributed by atoms with Crippen LogP contribution in [0.25, 0.3) is 0 Å². The summed E-state index contributed by atoms with van der Waals surface area (Å²) in [5.74, 6) is 0.304. The average Bonchev–Trinajstić information content (AvgIpc) is 3.60. The number of anilines is 1. The Bertz CT molecular complexity index is 1190. The lowest BCUT2D eigenvalue weighted by Gasteiger charge is -2.39. The predicted octanol–water partition coefficient (Wildman–Crippen LogP) is 2.44. The third kappa shape index (κ3) is 5.44. The van der Waals surface area contributed by atoms with Gasteiger partial charge in [0.1, 0.15) is 11.6 Å². The van der Waals surface area contributed by atoms with Crippen LogP contribution in [0.4, 0.5) is 10.1 Å². The standard InChI is InChI=1S/C26H27FN4O5/c27-19-4-6-20(7-5-19)30-9-11-31(12-10-30)21(22-2-1-13-34-22)16-29-26(33)25(32)28-15-18-3-8-23-24(14-18)36-17-35-23/h1-8,13-14,21H,9-12,15-17H2,(H,28,32)(H,29,33)/t21-/m1/s1. The summed E-state index contributed by atoms with van der Waals surface area (Å²) in [5.41, 5.74) is 1.77. The average molecular weight is 495 g/mol. The first-order chi connectivity index (χ1) is 17.6. The first-order valence-electron chi connectivity index (χ1n) is 11.8. The number of amides is 2. The molecule has 3 heterocycles. The van der Waals surface area contributed by atoms with Gasteiger partial charge in [-0.05, 0) is 54.1 Å². The summed E-state index contributed by atoms with van der Waals surface area (Å²) in [6, 6.07) is 15.3. The number of carbonyl (C=O) groups excluding carboxylic acids is 2. The number of hydrogen-bond acceptors (Lipinski definition) is 7. The summed E-state index contributed by atoms with van der Waals surface area (Å²) >= 11 is 0. The second-order valence-corrected chi connectivity index (χ2v) is 8.61. The molecule has 0 unspecified atom stereocenters. The molecule has 1 fully saturated rings. The second-order valence-electron chi connectivity index (χ2n) is 8.61. The van der Waals surface area contributed by atoms with Gasteiger partial charge < -0.3 is 29.4 Å². The van der Waals surface area contributed by atoms with E-state index in [1.54, 1.807) is 36.6 Å². The molecule has 2 N–H and O–H groups in total. The van der Waals surface area contributed by atoms with Crippen molar-refractivity contribution in [1.29, 1.82) is 0 Å². The minimum atomic E-state index is -0.716. The number of piperazine rings is 1. The Balaban J connectivity index is 1.14. The van der Waals surface area contributed by atoms with Crippen LogP contribution in [-0.4, -0.2) is 56.2 Å². The fourth-order valence-electron chi connectivity index (χ4n) is 4.42. The van der Waals surface area contributed by atoms with Gasteiger partial charge in [0.2, 0.25) is 6.79 Å². The van der Waals surface area contributed by atoms with Gasteiger partial charge in [0.15, 0.2) is 11.5 Å². The van der Waals surface area contributed by atoms with E-state index in [-0.39, 0.29) is 31.7 Å². The minimum Gasteiger partial charge on any atom is -0.468 e. The fraction of sp³-hybridized carbons (Fsp3) is 0.308. The predicted molar refractivity (Wildman–Crippen MR) is 129 cm³/mol. The Morgan fingerprint density at radius 1 is 0.917 bits per heavy atom. The molecule has 0 saturated carbocycles. The van der Waals surface area contributed by atoms with Crippen LogP contribution in [-0.2, 0) is 16.1 Å². The summed E-state index contributed by atoms with van der Waals surface area (Å²) in [7, 11) is 0. The van der Waals surface area contributed by atoms with Crippen molar-refractivity contribution in [3.63, 3.8) is 0 Å². The molecule has 2 amide bonds. The molecule has 1 aromatic heterocycles. The Hall–Kier alpha value is -4.05. The van der Waals surface area contributed by atoms with Crippen LogP contribution in [0.15, 0.2) is 65.3 Å². The van der Waals surface area contributed by atoms with Gasteiger partial charge in [0, 0.05) is 45.0 Å². The van der Waals surface area contributed by atoms with E-state index in [9.17, 15) is 14.0 Å². The van der Waals surface area contributed by atoms with Crippen molar-refractivity contribution in [2.75, 3.05) is 44.4 Å². The molecule has 36 heavy (non-hydrogen) atoms. The lowest BCUT2D eigenvalue weighted by atomic mass is 10.1. The normalized spacial score (nSPS) is 16.0. The first-order valence-corrected chi connectivity index (χ1v) is 11.8. The summed E-state index contributed by atoms with van der Waals surface area (Å²) in [5, 5.41) is 5.38. The van der Waals surface area contributed by atoms with Crippen LogP contribution in [0.2, 0.25) is 0 Å². The van der Waals surface area contributed by atoms with Crippen molar-refractivity contribution in [3.8, 4) is 11.5 Å². The van der Waals surface area contributed by atoms with Crippen LogP contribution >= 0.6 is 0 Å². The summed E-state index contributed by atoms with van der Waals surface area (Å²) in [6.45, 7) is 3.51. The van der Waals surface area contributed by atoms with Crippen molar-refractivity contribution in [3.05, 3.63) is 78.0 Å². The zero-order valence-electron chi connectivity index (χ0n) is 19.6. The number of furan rings is 1. The van der Waals surface area contributed by atoms with Crippen LogP contribution in [0.3, 0.4) is 0 Å². The number of nitrogens with one attached hydrogen (secondary N) is 2. The lowest BCUT2D eigenvalue weighted by molar-refractivity contribution is -0.139. The smallest absolute Gasteiger partial charge is 0.309 e. The van der Waals surface area contributed by atoms with Crippen molar-refractivity contribution in [1.82, 2.24) is 15.5 Å². The van der Waals surface area contributed by atoms with Crippen molar-refractivity contribution in [2.24, 2.45) is 0 Å². The topological polar surface area (TPSA) is 96.3 Å². The number of rotatable bonds is 7. The third-order valence-electron chi connectivity index (χ3n) is 6.37. The Morgan fingerprint density at radius 2 is 1.67 bits per heavy atom. The van der Waals surface area contributed by atoms with E-state index in [4.69, 9.17) is 13.9 Å². The molecule has 0 aliphatic carbocycles. The van der Waals surface area contributed by atoms with Crippen molar-refractivity contribution >= 4 is 17.5 Å². The summed E-state index contributed by atoms with van der Waals surface area (Å²) in [6.07, 6.45) is 1.59. The van der Waals surface area contributed by atoms with Crippen LogP contribution in [0.5, 0.6) is 11.5 Å². The van der Waals surface area contributed by atoms with Gasteiger partial charge in [-0.15, -0.1) is 0 Å². The number of halogens is 1. The zero-order valence-corrected chi connectivity index (χ0v) is 19.6. The van der Waals surface area contributed by atoms with Gasteiger partial charge in [-0.3, -0.25) is 14.5 Å².